The van der Waals surface area contributed by atoms with Gasteiger partial charge in [0.05, 0.1) is 11.8 Å². The monoisotopic (exact) mass is 194 g/mol. The zero-order valence-corrected chi connectivity index (χ0v) is 8.23. The molecule has 2 rings (SSSR count). The van der Waals surface area contributed by atoms with E-state index in [1.807, 2.05) is 12.2 Å². The van der Waals surface area contributed by atoms with E-state index < -0.39 is 0 Å². The van der Waals surface area contributed by atoms with E-state index in [2.05, 4.69) is 11.7 Å². The highest BCUT2D eigenvalue weighted by Crippen LogP contribution is 2.38. The van der Waals surface area contributed by atoms with Crippen molar-refractivity contribution in [1.29, 1.82) is 0 Å². The van der Waals surface area contributed by atoms with E-state index >= 15 is 0 Å². The number of esters is 2. The minimum absolute atomic E-state index is 0.201. The summed E-state index contributed by atoms with van der Waals surface area (Å²) in [6.45, 7) is 2.09. The molecular weight excluding hydrogens is 180 g/mol. The fourth-order valence-corrected chi connectivity index (χ4v) is 2.43. The third-order valence-electron chi connectivity index (χ3n) is 3.08. The van der Waals surface area contributed by atoms with Crippen LogP contribution in [0.15, 0.2) is 12.2 Å². The number of rotatable bonds is 2. The van der Waals surface area contributed by atoms with Gasteiger partial charge in [0.25, 0.3) is 0 Å². The second-order valence-corrected chi connectivity index (χ2v) is 4.00. The van der Waals surface area contributed by atoms with Crippen molar-refractivity contribution in [2.75, 3.05) is 0 Å². The number of hydrogen-bond donors (Lipinski definition) is 0. The van der Waals surface area contributed by atoms with Crippen LogP contribution < -0.4 is 0 Å². The van der Waals surface area contributed by atoms with Crippen molar-refractivity contribution in [3.63, 3.8) is 0 Å². The van der Waals surface area contributed by atoms with Gasteiger partial charge in [-0.05, 0) is 18.8 Å². The Kier molecular flexibility index (Phi) is 2.40. The molecule has 3 atom stereocenters. The highest BCUT2D eigenvalue weighted by atomic mass is 16.6. The molecule has 0 bridgehead atoms. The van der Waals surface area contributed by atoms with Crippen molar-refractivity contribution in [2.45, 2.75) is 26.2 Å². The topological polar surface area (TPSA) is 43.4 Å². The minimum Gasteiger partial charge on any atom is -0.392 e. The van der Waals surface area contributed by atoms with Gasteiger partial charge in [-0.1, -0.05) is 25.5 Å². The fourth-order valence-electron chi connectivity index (χ4n) is 2.43. The van der Waals surface area contributed by atoms with Gasteiger partial charge >= 0.3 is 11.9 Å². The van der Waals surface area contributed by atoms with Crippen molar-refractivity contribution in [3.05, 3.63) is 12.2 Å². The standard InChI is InChI=1S/C11H14O3/c1-2-4-7-5-3-6-8-9(7)11(13)14-10(8)12/h3,6-9H,2,4-5H2,1H3. The van der Waals surface area contributed by atoms with Gasteiger partial charge in [0, 0.05) is 0 Å². The second kappa shape index (κ2) is 3.56. The average molecular weight is 194 g/mol. The van der Waals surface area contributed by atoms with Crippen LogP contribution in [-0.4, -0.2) is 11.9 Å². The molecule has 14 heavy (non-hydrogen) atoms. The first-order valence-corrected chi connectivity index (χ1v) is 5.16. The third-order valence-corrected chi connectivity index (χ3v) is 3.08. The van der Waals surface area contributed by atoms with Gasteiger partial charge in [-0.3, -0.25) is 9.59 Å². The van der Waals surface area contributed by atoms with Crippen LogP contribution in [0, 0.1) is 17.8 Å². The summed E-state index contributed by atoms with van der Waals surface area (Å²) in [7, 11) is 0. The Labute approximate surface area is 83.1 Å². The van der Waals surface area contributed by atoms with Crippen molar-refractivity contribution in [2.24, 2.45) is 17.8 Å². The number of carbonyl (C=O) groups excluding carboxylic acids is 2. The number of cyclic esters (lactones) is 2. The Bertz CT molecular complexity index is 293. The maximum atomic E-state index is 11.4. The van der Waals surface area contributed by atoms with Crippen LogP contribution in [-0.2, 0) is 14.3 Å². The molecule has 1 heterocycles. The van der Waals surface area contributed by atoms with E-state index in [1.165, 1.54) is 0 Å². The van der Waals surface area contributed by atoms with E-state index in [-0.39, 0.29) is 23.8 Å². The Morgan fingerprint density at radius 2 is 2.21 bits per heavy atom. The molecule has 1 saturated heterocycles. The Morgan fingerprint density at radius 1 is 1.43 bits per heavy atom. The Balaban J connectivity index is 2.21. The van der Waals surface area contributed by atoms with Gasteiger partial charge < -0.3 is 4.74 Å². The van der Waals surface area contributed by atoms with Crippen LogP contribution in [0.2, 0.25) is 0 Å². The lowest BCUT2D eigenvalue weighted by Gasteiger charge is -2.24. The van der Waals surface area contributed by atoms with Crippen molar-refractivity contribution >= 4 is 11.9 Å². The molecule has 0 aromatic carbocycles. The third kappa shape index (κ3) is 1.37. The zero-order chi connectivity index (χ0) is 10.1. The first-order valence-electron chi connectivity index (χ1n) is 5.16. The summed E-state index contributed by atoms with van der Waals surface area (Å²) in [5, 5.41) is 0. The molecule has 0 amide bonds. The maximum Gasteiger partial charge on any atom is 0.321 e. The number of carbonyl (C=O) groups is 2. The highest BCUT2D eigenvalue weighted by Gasteiger charge is 2.47. The molecule has 76 valence electrons. The number of ether oxygens (including phenoxy) is 1. The number of fused-ring (bicyclic) bond motifs is 1. The molecule has 3 unspecified atom stereocenters. The minimum atomic E-state index is -0.364. The summed E-state index contributed by atoms with van der Waals surface area (Å²) in [6.07, 6.45) is 6.76. The smallest absolute Gasteiger partial charge is 0.321 e. The normalized spacial score (nSPS) is 35.6. The van der Waals surface area contributed by atoms with Gasteiger partial charge in [-0.2, -0.15) is 0 Å². The Hall–Kier alpha value is -1.12. The van der Waals surface area contributed by atoms with Gasteiger partial charge in [0.1, 0.15) is 0 Å². The fraction of sp³-hybridized carbons (Fsp3) is 0.636. The van der Waals surface area contributed by atoms with Gasteiger partial charge in [-0.25, -0.2) is 0 Å². The van der Waals surface area contributed by atoms with Crippen molar-refractivity contribution < 1.29 is 14.3 Å². The zero-order valence-electron chi connectivity index (χ0n) is 8.23. The van der Waals surface area contributed by atoms with Crippen molar-refractivity contribution in [1.82, 2.24) is 0 Å². The summed E-state index contributed by atoms with van der Waals surface area (Å²) < 4.78 is 4.66. The largest absolute Gasteiger partial charge is 0.392 e. The lowest BCUT2D eigenvalue weighted by molar-refractivity contribution is -0.153. The SMILES string of the molecule is CCCC1CC=CC2C(=O)OC(=O)C12. The molecule has 1 aliphatic carbocycles. The molecule has 3 nitrogen and oxygen atoms in total. The summed E-state index contributed by atoms with van der Waals surface area (Å²) >= 11 is 0. The highest BCUT2D eigenvalue weighted by molar-refractivity contribution is 5.97. The van der Waals surface area contributed by atoms with Gasteiger partial charge in [0.15, 0.2) is 0 Å². The molecule has 0 spiro atoms. The summed E-state index contributed by atoms with van der Waals surface area (Å²) in [5.74, 6) is -0.881. The van der Waals surface area contributed by atoms with E-state index in [4.69, 9.17) is 0 Å². The van der Waals surface area contributed by atoms with Crippen LogP contribution in [0.4, 0.5) is 0 Å². The van der Waals surface area contributed by atoms with E-state index in [0.29, 0.717) is 5.92 Å². The van der Waals surface area contributed by atoms with Crippen LogP contribution >= 0.6 is 0 Å². The maximum absolute atomic E-state index is 11.4. The van der Waals surface area contributed by atoms with Crippen LogP contribution in [0.25, 0.3) is 0 Å². The van der Waals surface area contributed by atoms with Crippen molar-refractivity contribution in [3.8, 4) is 0 Å². The molecule has 1 fully saturated rings. The molecule has 0 saturated carbocycles. The second-order valence-electron chi connectivity index (χ2n) is 4.00. The average Bonchev–Trinajstić information content (AvgIpc) is 2.44. The molecule has 0 aromatic rings. The van der Waals surface area contributed by atoms with Crippen LogP contribution in [0.3, 0.4) is 0 Å². The van der Waals surface area contributed by atoms with Crippen LogP contribution in [0.5, 0.6) is 0 Å². The molecule has 3 heteroatoms. The molecule has 0 radical (unpaired) electrons. The van der Waals surface area contributed by atoms with E-state index in [1.54, 1.807) is 0 Å². The molecular formula is C11H14O3. The van der Waals surface area contributed by atoms with E-state index in [9.17, 15) is 9.59 Å². The van der Waals surface area contributed by atoms with E-state index in [0.717, 1.165) is 19.3 Å². The van der Waals surface area contributed by atoms with Crippen LogP contribution in [0.1, 0.15) is 26.2 Å². The molecule has 1 aliphatic heterocycles. The Morgan fingerprint density at radius 3 is 2.93 bits per heavy atom. The lowest BCUT2D eigenvalue weighted by Crippen LogP contribution is -2.27. The molecule has 0 aromatic heterocycles. The van der Waals surface area contributed by atoms with Gasteiger partial charge in [0.2, 0.25) is 0 Å². The number of allylic oxidation sites excluding steroid dienone is 1. The number of hydrogen-bond acceptors (Lipinski definition) is 3. The lowest BCUT2D eigenvalue weighted by atomic mass is 9.75. The van der Waals surface area contributed by atoms with Gasteiger partial charge in [-0.15, -0.1) is 0 Å². The quantitative estimate of drug-likeness (QED) is 0.381. The predicted molar refractivity (Wildman–Crippen MR) is 50.2 cm³/mol. The first kappa shape index (κ1) is 9.44. The molecule has 0 N–H and O–H groups in total. The summed E-state index contributed by atoms with van der Waals surface area (Å²) in [5.41, 5.74) is 0. The summed E-state index contributed by atoms with van der Waals surface area (Å²) in [6, 6.07) is 0. The predicted octanol–water partition coefficient (Wildman–Crippen LogP) is 1.68. The molecule has 2 aliphatic rings. The first-order chi connectivity index (χ1) is 6.74. The summed E-state index contributed by atoms with van der Waals surface area (Å²) in [4.78, 5) is 22.7.